The molecule has 0 aliphatic heterocycles. The number of para-hydroxylation sites is 2. The number of anilines is 6. The van der Waals surface area contributed by atoms with Crippen molar-refractivity contribution in [2.24, 2.45) is 0 Å². The van der Waals surface area contributed by atoms with Gasteiger partial charge in [-0.3, -0.25) is 0 Å². The van der Waals surface area contributed by atoms with Gasteiger partial charge in [-0.15, -0.1) is 22.7 Å². The largest absolute Gasteiger partial charge is 0.309 e. The van der Waals surface area contributed by atoms with E-state index in [4.69, 9.17) is 0 Å². The molecule has 0 amide bonds. The topological polar surface area (TPSA) is 6.48 Å². The number of thiophene rings is 2. The molecule has 0 saturated carbocycles. The number of hydrogen-bond donors (Lipinski definition) is 0. The smallest absolute Gasteiger partial charge is 0.0640 e. The first-order chi connectivity index (χ1) is 33.7. The van der Waals surface area contributed by atoms with Gasteiger partial charge in [-0.05, 0) is 88.3 Å². The molecule has 4 heteroatoms. The van der Waals surface area contributed by atoms with Crippen LogP contribution in [-0.4, -0.2) is 0 Å². The first kappa shape index (κ1) is 40.0. The Balaban J connectivity index is 1.03. The molecule has 0 spiro atoms. The fraction of sp³-hybridized carbons (Fsp3) is 0. The summed E-state index contributed by atoms with van der Waals surface area (Å²) in [6.45, 7) is 0. The average molecular weight is 903 g/mol. The SMILES string of the molecule is c1ccc(-c2ccccc2N(c2cccc(-c3ccccc3N(c3ccc4c(c3)sc3ccccc34)c3cccc4c3sc3ccccc34)c2)c2ccc(-c3ccccc3)c3ccccc23)cc1. The Bertz CT molecular complexity index is 4000. The fourth-order valence-corrected chi connectivity index (χ4v) is 12.5. The molecule has 0 fully saturated rings. The number of nitrogens with zero attached hydrogens (tertiary/aromatic N) is 2. The van der Waals surface area contributed by atoms with E-state index in [1.54, 1.807) is 0 Å². The number of fused-ring (bicyclic) bond motifs is 7. The summed E-state index contributed by atoms with van der Waals surface area (Å²) in [5, 5.41) is 7.54. The lowest BCUT2D eigenvalue weighted by atomic mass is 9.95. The van der Waals surface area contributed by atoms with Gasteiger partial charge in [0, 0.05) is 63.5 Å². The third-order valence-corrected chi connectivity index (χ3v) is 15.6. The monoisotopic (exact) mass is 902 g/mol. The molecule has 13 rings (SSSR count). The van der Waals surface area contributed by atoms with Crippen LogP contribution in [0, 0.1) is 0 Å². The van der Waals surface area contributed by atoms with Gasteiger partial charge < -0.3 is 9.80 Å². The molecule has 11 aromatic carbocycles. The Morgan fingerprint density at radius 2 is 0.721 bits per heavy atom. The van der Waals surface area contributed by atoms with Crippen molar-refractivity contribution in [1.29, 1.82) is 0 Å². The minimum atomic E-state index is 1.07. The van der Waals surface area contributed by atoms with Gasteiger partial charge in [0.1, 0.15) is 0 Å². The fourth-order valence-electron chi connectivity index (χ4n) is 10.2. The molecule has 0 N–H and O–H groups in total. The van der Waals surface area contributed by atoms with Crippen LogP contribution in [0.4, 0.5) is 34.1 Å². The van der Waals surface area contributed by atoms with Gasteiger partial charge in [-0.25, -0.2) is 0 Å². The van der Waals surface area contributed by atoms with Crippen LogP contribution in [0.3, 0.4) is 0 Å². The summed E-state index contributed by atoms with van der Waals surface area (Å²) < 4.78 is 5.13. The van der Waals surface area contributed by atoms with Crippen LogP contribution < -0.4 is 9.80 Å². The lowest BCUT2D eigenvalue weighted by molar-refractivity contribution is 1.29. The van der Waals surface area contributed by atoms with Crippen molar-refractivity contribution in [1.82, 2.24) is 0 Å². The van der Waals surface area contributed by atoms with Gasteiger partial charge in [-0.2, -0.15) is 0 Å². The lowest BCUT2D eigenvalue weighted by Gasteiger charge is -2.31. The predicted octanol–water partition coefficient (Wildman–Crippen LogP) is 19.5. The standard InChI is InChI=1S/C64H42N2S2/c1-3-19-43(20-4-1)48-39-40-59(52-28-8-7-27-51(48)52)65(57-32-13-9-25-49(57)44-21-5-2-6-22-44)46-24-17-23-45(41-46)50-26-10-14-33-58(50)66(47-37-38-55-53-29-11-15-35-61(53)67-63(55)42-47)60-34-18-31-56-54-30-12-16-36-62(54)68-64(56)60/h1-42H. The summed E-state index contributed by atoms with van der Waals surface area (Å²) in [5.74, 6) is 0. The summed E-state index contributed by atoms with van der Waals surface area (Å²) in [7, 11) is 0. The highest BCUT2D eigenvalue weighted by Gasteiger charge is 2.24. The third-order valence-electron chi connectivity index (χ3n) is 13.3. The van der Waals surface area contributed by atoms with E-state index in [1.807, 2.05) is 22.7 Å². The second kappa shape index (κ2) is 16.9. The Labute approximate surface area is 403 Å². The second-order valence-corrected chi connectivity index (χ2v) is 19.3. The van der Waals surface area contributed by atoms with Crippen LogP contribution in [0.5, 0.6) is 0 Å². The molecule has 320 valence electrons. The van der Waals surface area contributed by atoms with Gasteiger partial charge in [0.05, 0.1) is 27.4 Å². The Morgan fingerprint density at radius 1 is 0.235 bits per heavy atom. The van der Waals surface area contributed by atoms with E-state index in [9.17, 15) is 0 Å². The minimum Gasteiger partial charge on any atom is -0.309 e. The van der Waals surface area contributed by atoms with Crippen LogP contribution in [-0.2, 0) is 0 Å². The van der Waals surface area contributed by atoms with Crippen LogP contribution >= 0.6 is 22.7 Å². The van der Waals surface area contributed by atoms with Crippen molar-refractivity contribution < 1.29 is 0 Å². The van der Waals surface area contributed by atoms with Gasteiger partial charge in [0.15, 0.2) is 0 Å². The van der Waals surface area contributed by atoms with E-state index in [2.05, 4.69) is 265 Å². The molecule has 2 nitrogen and oxygen atoms in total. The molecule has 2 aromatic heterocycles. The Hall–Kier alpha value is -8.28. The molecule has 0 atom stereocenters. The van der Waals surface area contributed by atoms with Crippen molar-refractivity contribution in [2.75, 3.05) is 9.80 Å². The molecular formula is C64H42N2S2. The zero-order chi connectivity index (χ0) is 45.0. The molecule has 0 saturated heterocycles. The second-order valence-electron chi connectivity index (χ2n) is 17.2. The molecule has 2 heterocycles. The molecule has 0 bridgehead atoms. The lowest BCUT2D eigenvalue weighted by Crippen LogP contribution is -2.13. The summed E-state index contributed by atoms with van der Waals surface area (Å²) >= 11 is 3.73. The molecule has 0 radical (unpaired) electrons. The van der Waals surface area contributed by atoms with Crippen LogP contribution in [0.25, 0.3) is 84.5 Å². The molecule has 13 aromatic rings. The van der Waals surface area contributed by atoms with Crippen molar-refractivity contribution in [3.05, 3.63) is 255 Å². The van der Waals surface area contributed by atoms with Crippen molar-refractivity contribution in [3.63, 3.8) is 0 Å². The van der Waals surface area contributed by atoms with Crippen LogP contribution in [0.2, 0.25) is 0 Å². The molecule has 0 unspecified atom stereocenters. The van der Waals surface area contributed by atoms with E-state index >= 15 is 0 Å². The summed E-state index contributed by atoms with van der Waals surface area (Å²) in [5.41, 5.74) is 13.7. The molecule has 68 heavy (non-hydrogen) atoms. The predicted molar refractivity (Wildman–Crippen MR) is 295 cm³/mol. The zero-order valence-corrected chi connectivity index (χ0v) is 38.6. The molecule has 0 aliphatic rings. The summed E-state index contributed by atoms with van der Waals surface area (Å²) in [6, 6.07) is 93.2. The van der Waals surface area contributed by atoms with Crippen LogP contribution in [0.15, 0.2) is 255 Å². The first-order valence-electron chi connectivity index (χ1n) is 23.1. The quantitative estimate of drug-likeness (QED) is 0.142. The minimum absolute atomic E-state index is 1.07. The summed E-state index contributed by atoms with van der Waals surface area (Å²) in [6.07, 6.45) is 0. The van der Waals surface area contributed by atoms with E-state index < -0.39 is 0 Å². The van der Waals surface area contributed by atoms with E-state index in [-0.39, 0.29) is 0 Å². The number of benzene rings is 11. The molecule has 0 aliphatic carbocycles. The van der Waals surface area contributed by atoms with Crippen molar-refractivity contribution >= 4 is 108 Å². The van der Waals surface area contributed by atoms with E-state index in [0.29, 0.717) is 0 Å². The van der Waals surface area contributed by atoms with E-state index in [0.717, 1.165) is 50.8 Å². The zero-order valence-electron chi connectivity index (χ0n) is 37.0. The van der Waals surface area contributed by atoms with Crippen LogP contribution in [0.1, 0.15) is 0 Å². The highest BCUT2D eigenvalue weighted by atomic mass is 32.1. The maximum absolute atomic E-state index is 2.50. The Morgan fingerprint density at radius 3 is 1.46 bits per heavy atom. The van der Waals surface area contributed by atoms with Gasteiger partial charge in [0.2, 0.25) is 0 Å². The van der Waals surface area contributed by atoms with Gasteiger partial charge in [-0.1, -0.05) is 194 Å². The summed E-state index contributed by atoms with van der Waals surface area (Å²) in [4.78, 5) is 4.97. The van der Waals surface area contributed by atoms with E-state index in [1.165, 1.54) is 67.8 Å². The number of hydrogen-bond acceptors (Lipinski definition) is 4. The molecular weight excluding hydrogens is 861 g/mol. The third kappa shape index (κ3) is 6.84. The highest BCUT2D eigenvalue weighted by molar-refractivity contribution is 7.26. The maximum atomic E-state index is 2.50. The highest BCUT2D eigenvalue weighted by Crippen LogP contribution is 2.50. The van der Waals surface area contributed by atoms with Crippen molar-refractivity contribution in [2.45, 2.75) is 0 Å². The van der Waals surface area contributed by atoms with Gasteiger partial charge >= 0.3 is 0 Å². The first-order valence-corrected chi connectivity index (χ1v) is 24.7. The number of rotatable bonds is 9. The Kier molecular flexibility index (Phi) is 9.93. The average Bonchev–Trinajstić information content (AvgIpc) is 3.99. The van der Waals surface area contributed by atoms with Crippen molar-refractivity contribution in [3.8, 4) is 33.4 Å². The van der Waals surface area contributed by atoms with Gasteiger partial charge in [0.25, 0.3) is 0 Å². The maximum Gasteiger partial charge on any atom is 0.0640 e. The normalized spacial score (nSPS) is 11.5.